The number of hydrogen-bond donors (Lipinski definition) is 1. The van der Waals surface area contributed by atoms with Crippen molar-refractivity contribution in [2.75, 3.05) is 31.1 Å². The van der Waals surface area contributed by atoms with Crippen molar-refractivity contribution in [1.82, 2.24) is 15.1 Å². The highest BCUT2D eigenvalue weighted by Gasteiger charge is 2.49. The molecule has 7 nitrogen and oxygen atoms in total. The topological polar surface area (TPSA) is 86.8 Å². The van der Waals surface area contributed by atoms with E-state index in [1.54, 1.807) is 0 Å². The fraction of sp³-hybridized carbons (Fsp3) is 0.692. The molecule has 0 saturated carbocycles. The largest absolute Gasteiger partial charge is 0.352 e. The number of rotatable bonds is 6. The maximum absolute atomic E-state index is 13.6. The molecule has 2 amide bonds. The summed E-state index contributed by atoms with van der Waals surface area (Å²) in [5.41, 5.74) is 0.745. The van der Waals surface area contributed by atoms with Gasteiger partial charge in [0.15, 0.2) is 9.84 Å². The van der Waals surface area contributed by atoms with Crippen LogP contribution < -0.4 is 5.32 Å². The van der Waals surface area contributed by atoms with Gasteiger partial charge in [-0.1, -0.05) is 18.2 Å². The number of nitrogens with one attached hydrogen (secondary N) is 1. The first-order valence-electron chi connectivity index (χ1n) is 13.0. The van der Waals surface area contributed by atoms with Gasteiger partial charge in [0, 0.05) is 36.7 Å². The van der Waals surface area contributed by atoms with Crippen LogP contribution in [0.2, 0.25) is 0 Å². The van der Waals surface area contributed by atoms with E-state index in [0.717, 1.165) is 24.9 Å². The van der Waals surface area contributed by atoms with Crippen LogP contribution in [0.25, 0.3) is 0 Å². The maximum Gasteiger partial charge on any atom is 0.254 e. The number of piperidine rings is 3. The van der Waals surface area contributed by atoms with E-state index in [1.165, 1.54) is 32.4 Å². The molecule has 1 N–H and O–H groups in total. The van der Waals surface area contributed by atoms with E-state index in [0.29, 0.717) is 37.1 Å². The second-order valence-electron chi connectivity index (χ2n) is 10.7. The van der Waals surface area contributed by atoms with Gasteiger partial charge in [-0.25, -0.2) is 8.42 Å². The second-order valence-corrected chi connectivity index (χ2v) is 12.9. The molecule has 0 radical (unpaired) electrons. The molecule has 4 fully saturated rings. The van der Waals surface area contributed by atoms with Crippen LogP contribution in [0, 0.1) is 11.8 Å². The molecule has 5 rings (SSSR count). The van der Waals surface area contributed by atoms with Crippen molar-refractivity contribution in [3.63, 3.8) is 0 Å². The molecular formula is C26H37N3O4S. The van der Waals surface area contributed by atoms with Crippen molar-refractivity contribution >= 4 is 21.7 Å². The molecule has 0 aromatic heterocycles. The fourth-order valence-electron chi connectivity index (χ4n) is 7.03. The average Bonchev–Trinajstić information content (AvgIpc) is 3.18. The quantitative estimate of drug-likeness (QED) is 0.666. The average molecular weight is 488 g/mol. The number of amides is 2. The first kappa shape index (κ1) is 23.8. The van der Waals surface area contributed by atoms with Crippen molar-refractivity contribution < 1.29 is 18.0 Å². The fourth-order valence-corrected chi connectivity index (χ4v) is 8.70. The SMILES string of the molecule is O=C(CCC[C@@H]1[C@H]2CCCN3CCC[C@@H](CN1C(=O)c1ccccc1)[C@@H]23)NC1CCS(=O)(=O)C1. The van der Waals surface area contributed by atoms with Crippen molar-refractivity contribution in [3.8, 4) is 0 Å². The molecule has 4 heterocycles. The number of carbonyl (C=O) groups is 2. The van der Waals surface area contributed by atoms with Gasteiger partial charge in [-0.2, -0.15) is 0 Å². The lowest BCUT2D eigenvalue weighted by Gasteiger charge is -2.57. The van der Waals surface area contributed by atoms with Crippen LogP contribution in [0.4, 0.5) is 0 Å². The lowest BCUT2D eigenvalue weighted by atomic mass is 9.69. The van der Waals surface area contributed by atoms with Gasteiger partial charge in [-0.3, -0.25) is 14.5 Å². The predicted molar refractivity (Wildman–Crippen MR) is 131 cm³/mol. The highest BCUT2D eigenvalue weighted by molar-refractivity contribution is 7.91. The molecule has 4 saturated heterocycles. The maximum atomic E-state index is 13.6. The van der Waals surface area contributed by atoms with E-state index in [9.17, 15) is 18.0 Å². The summed E-state index contributed by atoms with van der Waals surface area (Å²) in [5, 5.41) is 2.91. The van der Waals surface area contributed by atoms with E-state index in [-0.39, 0.29) is 35.4 Å². The highest BCUT2D eigenvalue weighted by Crippen LogP contribution is 2.43. The number of carbonyl (C=O) groups excluding carboxylic acids is 2. The Morgan fingerprint density at radius 3 is 2.53 bits per heavy atom. The van der Waals surface area contributed by atoms with Gasteiger partial charge >= 0.3 is 0 Å². The van der Waals surface area contributed by atoms with Gasteiger partial charge < -0.3 is 10.2 Å². The molecule has 34 heavy (non-hydrogen) atoms. The van der Waals surface area contributed by atoms with E-state index >= 15 is 0 Å². The van der Waals surface area contributed by atoms with Crippen LogP contribution in [0.5, 0.6) is 0 Å². The lowest BCUT2D eigenvalue weighted by molar-refractivity contribution is -0.121. The summed E-state index contributed by atoms with van der Waals surface area (Å²) in [4.78, 5) is 31.0. The summed E-state index contributed by atoms with van der Waals surface area (Å²) in [6.07, 6.45) is 7.14. The molecule has 4 aliphatic rings. The normalized spacial score (nSPS) is 32.7. The van der Waals surface area contributed by atoms with Crippen LogP contribution in [0.15, 0.2) is 30.3 Å². The van der Waals surface area contributed by atoms with Crippen molar-refractivity contribution in [2.24, 2.45) is 11.8 Å². The molecule has 8 heteroatoms. The summed E-state index contributed by atoms with van der Waals surface area (Å²) < 4.78 is 23.4. The van der Waals surface area contributed by atoms with Gasteiger partial charge in [0.2, 0.25) is 5.91 Å². The van der Waals surface area contributed by atoms with E-state index in [2.05, 4.69) is 15.1 Å². The lowest BCUT2D eigenvalue weighted by Crippen LogP contribution is -2.65. The summed E-state index contributed by atoms with van der Waals surface area (Å²) >= 11 is 0. The number of sulfone groups is 1. The van der Waals surface area contributed by atoms with Crippen molar-refractivity contribution in [1.29, 1.82) is 0 Å². The number of likely N-dealkylation sites (tertiary alicyclic amines) is 1. The van der Waals surface area contributed by atoms with Gasteiger partial charge in [-0.15, -0.1) is 0 Å². The van der Waals surface area contributed by atoms with Gasteiger partial charge in [0.1, 0.15) is 0 Å². The molecule has 0 bridgehead atoms. The molecule has 0 aliphatic carbocycles. The molecule has 1 aromatic rings. The Kier molecular flexibility index (Phi) is 6.98. The zero-order valence-electron chi connectivity index (χ0n) is 19.9. The van der Waals surface area contributed by atoms with Gasteiger partial charge in [0.05, 0.1) is 11.5 Å². The molecule has 4 aliphatic heterocycles. The summed E-state index contributed by atoms with van der Waals surface area (Å²) in [6.45, 7) is 3.15. The zero-order valence-corrected chi connectivity index (χ0v) is 20.7. The Morgan fingerprint density at radius 1 is 1.03 bits per heavy atom. The van der Waals surface area contributed by atoms with E-state index in [1.807, 2.05) is 30.3 Å². The first-order chi connectivity index (χ1) is 16.4. The number of hydrogen-bond acceptors (Lipinski definition) is 5. The Hall–Kier alpha value is -1.93. The van der Waals surface area contributed by atoms with Crippen molar-refractivity contribution in [2.45, 2.75) is 69.5 Å². The third-order valence-electron chi connectivity index (χ3n) is 8.45. The summed E-state index contributed by atoms with van der Waals surface area (Å²) in [5.74, 6) is 1.27. The van der Waals surface area contributed by atoms with Crippen LogP contribution in [-0.2, 0) is 14.6 Å². The van der Waals surface area contributed by atoms with E-state index in [4.69, 9.17) is 0 Å². The van der Waals surface area contributed by atoms with Crippen molar-refractivity contribution in [3.05, 3.63) is 35.9 Å². The Labute approximate surface area is 203 Å². The smallest absolute Gasteiger partial charge is 0.254 e. The third-order valence-corrected chi connectivity index (χ3v) is 10.2. The third kappa shape index (κ3) is 5.03. The standard InChI is InChI=1S/C26H37N3O4S/c30-24(27-21-13-16-34(32,33)18-21)12-4-11-23-22-10-6-15-28-14-5-9-20(25(22)28)17-29(23)26(31)19-7-2-1-3-8-19/h1-3,7-8,20-23,25H,4-6,9-18H2,(H,27,30)/t20-,21?,22+,23+,25-/m0/s1. The summed E-state index contributed by atoms with van der Waals surface area (Å²) in [7, 11) is -3.01. The molecule has 186 valence electrons. The van der Waals surface area contributed by atoms with Crippen LogP contribution in [0.1, 0.15) is 61.7 Å². The molecule has 5 atom stereocenters. The highest BCUT2D eigenvalue weighted by atomic mass is 32.2. The van der Waals surface area contributed by atoms with Crippen LogP contribution in [-0.4, -0.2) is 79.3 Å². The predicted octanol–water partition coefficient (Wildman–Crippen LogP) is 2.48. The molecular weight excluding hydrogens is 450 g/mol. The van der Waals surface area contributed by atoms with Gasteiger partial charge in [-0.05, 0) is 82.0 Å². The Bertz CT molecular complexity index is 997. The minimum absolute atomic E-state index is 0.0572. The Morgan fingerprint density at radius 2 is 1.79 bits per heavy atom. The number of benzene rings is 1. The first-order valence-corrected chi connectivity index (χ1v) is 14.8. The summed E-state index contributed by atoms with van der Waals surface area (Å²) in [6, 6.07) is 10.1. The minimum atomic E-state index is -3.01. The van der Waals surface area contributed by atoms with Crippen LogP contribution in [0.3, 0.4) is 0 Å². The van der Waals surface area contributed by atoms with Crippen LogP contribution >= 0.6 is 0 Å². The Balaban J connectivity index is 1.27. The monoisotopic (exact) mass is 487 g/mol. The number of nitrogens with zero attached hydrogens (tertiary/aromatic N) is 2. The molecule has 0 spiro atoms. The van der Waals surface area contributed by atoms with E-state index < -0.39 is 9.84 Å². The minimum Gasteiger partial charge on any atom is -0.352 e. The second kappa shape index (κ2) is 9.97. The molecule has 1 aromatic carbocycles. The zero-order chi connectivity index (χ0) is 23.7. The molecule has 1 unspecified atom stereocenters. The van der Waals surface area contributed by atoms with Gasteiger partial charge in [0.25, 0.3) is 5.91 Å².